The Morgan fingerprint density at radius 2 is 0.906 bits per heavy atom. The molecule has 0 bridgehead atoms. The fraction of sp³-hybridized carbons (Fsp3) is 0.400. The average molecular weight is 431 g/mol. The lowest BCUT2D eigenvalue weighted by atomic mass is 9.75. The van der Waals surface area contributed by atoms with Gasteiger partial charge in [0.15, 0.2) is 0 Å². The van der Waals surface area contributed by atoms with E-state index in [0.29, 0.717) is 11.5 Å². The second-order valence-electron chi connectivity index (χ2n) is 10.3. The first-order valence-corrected chi connectivity index (χ1v) is 11.8. The van der Waals surface area contributed by atoms with Crippen molar-refractivity contribution in [2.45, 2.75) is 77.0 Å². The van der Waals surface area contributed by atoms with Crippen LogP contribution in [-0.4, -0.2) is 10.2 Å². The highest BCUT2D eigenvalue weighted by atomic mass is 16.3. The number of phenolic OH excluding ortho intramolecular Hbond substituents is 2. The van der Waals surface area contributed by atoms with E-state index in [-0.39, 0.29) is 10.8 Å². The number of aromatic hydroxyl groups is 2. The van der Waals surface area contributed by atoms with Crippen LogP contribution in [0, 0.1) is 0 Å². The summed E-state index contributed by atoms with van der Waals surface area (Å²) < 4.78 is 0. The van der Waals surface area contributed by atoms with Crippen molar-refractivity contribution >= 4 is 0 Å². The van der Waals surface area contributed by atoms with Crippen molar-refractivity contribution < 1.29 is 10.2 Å². The standard InChI is InChI=1S/C30H38O2/c1-29(2,19-11-17-23-13-7-5-8-14-23)25-21-28(32)26(22-27(25)31)30(3,4)20-12-18-24-15-9-6-10-16-24/h5-10,13-16,21-22,31-32H,11-12,17-20H2,1-4H3. The van der Waals surface area contributed by atoms with E-state index in [1.807, 2.05) is 12.1 Å². The predicted octanol–water partition coefficient (Wildman–Crippen LogP) is 7.70. The van der Waals surface area contributed by atoms with Crippen LogP contribution in [0.15, 0.2) is 72.8 Å². The summed E-state index contributed by atoms with van der Waals surface area (Å²) in [6, 6.07) is 24.6. The second kappa shape index (κ2) is 10.3. The highest BCUT2D eigenvalue weighted by Crippen LogP contribution is 2.43. The van der Waals surface area contributed by atoms with Gasteiger partial charge in [-0.1, -0.05) is 88.4 Å². The molecule has 0 amide bonds. The highest BCUT2D eigenvalue weighted by molar-refractivity contribution is 5.50. The molecule has 0 heterocycles. The average Bonchev–Trinajstić information content (AvgIpc) is 2.76. The Bertz CT molecular complexity index is 905. The lowest BCUT2D eigenvalue weighted by Crippen LogP contribution is -2.21. The van der Waals surface area contributed by atoms with Crippen LogP contribution in [0.2, 0.25) is 0 Å². The number of rotatable bonds is 10. The SMILES string of the molecule is CC(C)(CCCc1ccccc1)c1cc(O)c(C(C)(C)CCCc2ccccc2)cc1O. The van der Waals surface area contributed by atoms with Crippen LogP contribution in [-0.2, 0) is 23.7 Å². The molecule has 0 saturated carbocycles. The van der Waals surface area contributed by atoms with E-state index in [2.05, 4.69) is 76.2 Å². The first kappa shape index (κ1) is 23.9. The van der Waals surface area contributed by atoms with Crippen molar-refractivity contribution in [1.29, 1.82) is 0 Å². The van der Waals surface area contributed by atoms with Gasteiger partial charge >= 0.3 is 0 Å². The minimum Gasteiger partial charge on any atom is -0.508 e. The zero-order valence-electron chi connectivity index (χ0n) is 20.1. The fourth-order valence-corrected chi connectivity index (χ4v) is 4.69. The molecule has 0 aromatic heterocycles. The summed E-state index contributed by atoms with van der Waals surface area (Å²) in [7, 11) is 0. The predicted molar refractivity (Wildman–Crippen MR) is 135 cm³/mol. The van der Waals surface area contributed by atoms with E-state index < -0.39 is 0 Å². The Labute approximate surface area is 194 Å². The topological polar surface area (TPSA) is 40.5 Å². The van der Waals surface area contributed by atoms with Crippen LogP contribution < -0.4 is 0 Å². The van der Waals surface area contributed by atoms with E-state index in [4.69, 9.17) is 0 Å². The molecule has 0 spiro atoms. The molecule has 0 aliphatic heterocycles. The first-order chi connectivity index (χ1) is 15.2. The zero-order valence-corrected chi connectivity index (χ0v) is 20.1. The lowest BCUT2D eigenvalue weighted by molar-refractivity contribution is 0.386. The molecule has 0 unspecified atom stereocenters. The second-order valence-corrected chi connectivity index (χ2v) is 10.3. The Morgan fingerprint density at radius 1 is 0.562 bits per heavy atom. The molecule has 0 saturated heterocycles. The maximum Gasteiger partial charge on any atom is 0.119 e. The minimum atomic E-state index is -0.216. The van der Waals surface area contributed by atoms with E-state index in [1.165, 1.54) is 11.1 Å². The Hall–Kier alpha value is -2.74. The normalized spacial score (nSPS) is 12.1. The fourth-order valence-electron chi connectivity index (χ4n) is 4.69. The monoisotopic (exact) mass is 430 g/mol. The van der Waals surface area contributed by atoms with Crippen LogP contribution in [0.5, 0.6) is 11.5 Å². The van der Waals surface area contributed by atoms with Gasteiger partial charge in [-0.2, -0.15) is 0 Å². The molecule has 2 nitrogen and oxygen atoms in total. The Morgan fingerprint density at radius 3 is 1.25 bits per heavy atom. The van der Waals surface area contributed by atoms with Crippen molar-refractivity contribution in [1.82, 2.24) is 0 Å². The number of benzene rings is 3. The largest absolute Gasteiger partial charge is 0.508 e. The number of phenols is 2. The van der Waals surface area contributed by atoms with Gasteiger partial charge in [0.2, 0.25) is 0 Å². The van der Waals surface area contributed by atoms with Gasteiger partial charge in [0, 0.05) is 11.1 Å². The molecule has 0 atom stereocenters. The quantitative estimate of drug-likeness (QED) is 0.324. The third kappa shape index (κ3) is 6.16. The van der Waals surface area contributed by atoms with Crippen molar-refractivity contribution in [3.63, 3.8) is 0 Å². The summed E-state index contributed by atoms with van der Waals surface area (Å²) in [5.74, 6) is 0.581. The van der Waals surface area contributed by atoms with Crippen molar-refractivity contribution in [3.8, 4) is 11.5 Å². The summed E-state index contributed by atoms with van der Waals surface area (Å²) >= 11 is 0. The van der Waals surface area contributed by atoms with Crippen molar-refractivity contribution in [3.05, 3.63) is 95.1 Å². The van der Waals surface area contributed by atoms with Gasteiger partial charge in [-0.25, -0.2) is 0 Å². The van der Waals surface area contributed by atoms with Gasteiger partial charge < -0.3 is 10.2 Å². The Balaban J connectivity index is 1.67. The third-order valence-electron chi connectivity index (χ3n) is 6.79. The van der Waals surface area contributed by atoms with Gasteiger partial charge in [-0.05, 0) is 72.6 Å². The zero-order chi connectivity index (χ0) is 23.2. The molecule has 0 aliphatic rings. The van der Waals surface area contributed by atoms with Gasteiger partial charge in [-0.15, -0.1) is 0 Å². The van der Waals surface area contributed by atoms with Crippen LogP contribution >= 0.6 is 0 Å². The molecule has 2 heteroatoms. The Kier molecular flexibility index (Phi) is 7.66. The summed E-state index contributed by atoms with van der Waals surface area (Å²) in [6.45, 7) is 8.60. The van der Waals surface area contributed by atoms with Gasteiger partial charge in [-0.3, -0.25) is 0 Å². The molecule has 3 aromatic carbocycles. The number of hydrogen-bond acceptors (Lipinski definition) is 2. The molecular formula is C30H38O2. The first-order valence-electron chi connectivity index (χ1n) is 11.8. The molecule has 0 aliphatic carbocycles. The molecule has 3 aromatic rings. The molecular weight excluding hydrogens is 392 g/mol. The van der Waals surface area contributed by atoms with Crippen LogP contribution in [0.4, 0.5) is 0 Å². The summed E-state index contributed by atoms with van der Waals surface area (Å²) in [6.07, 6.45) is 5.98. The summed E-state index contributed by atoms with van der Waals surface area (Å²) in [5, 5.41) is 21.8. The van der Waals surface area contributed by atoms with Crippen LogP contribution in [0.3, 0.4) is 0 Å². The van der Waals surface area contributed by atoms with Crippen molar-refractivity contribution in [2.75, 3.05) is 0 Å². The van der Waals surface area contributed by atoms with E-state index in [1.54, 1.807) is 12.1 Å². The third-order valence-corrected chi connectivity index (χ3v) is 6.79. The van der Waals surface area contributed by atoms with E-state index >= 15 is 0 Å². The minimum absolute atomic E-state index is 0.216. The number of aryl methyl sites for hydroxylation is 2. The smallest absolute Gasteiger partial charge is 0.119 e. The number of hydrogen-bond donors (Lipinski definition) is 2. The van der Waals surface area contributed by atoms with Crippen LogP contribution in [0.1, 0.15) is 75.6 Å². The summed E-state index contributed by atoms with van der Waals surface area (Å²) in [5.41, 5.74) is 3.89. The van der Waals surface area contributed by atoms with Crippen LogP contribution in [0.25, 0.3) is 0 Å². The van der Waals surface area contributed by atoms with E-state index in [0.717, 1.165) is 49.7 Å². The maximum atomic E-state index is 10.9. The lowest BCUT2D eigenvalue weighted by Gasteiger charge is -2.30. The molecule has 32 heavy (non-hydrogen) atoms. The molecule has 0 radical (unpaired) electrons. The molecule has 0 fully saturated rings. The van der Waals surface area contributed by atoms with Gasteiger partial charge in [0.25, 0.3) is 0 Å². The summed E-state index contributed by atoms with van der Waals surface area (Å²) in [4.78, 5) is 0. The molecule has 2 N–H and O–H groups in total. The van der Waals surface area contributed by atoms with Gasteiger partial charge in [0.1, 0.15) is 11.5 Å². The van der Waals surface area contributed by atoms with Crippen molar-refractivity contribution in [2.24, 2.45) is 0 Å². The highest BCUT2D eigenvalue weighted by Gasteiger charge is 2.29. The molecule has 170 valence electrons. The molecule has 3 rings (SSSR count). The van der Waals surface area contributed by atoms with Gasteiger partial charge in [0.05, 0.1) is 0 Å². The van der Waals surface area contributed by atoms with E-state index in [9.17, 15) is 10.2 Å². The maximum absolute atomic E-state index is 10.9.